The van der Waals surface area contributed by atoms with Gasteiger partial charge in [0.15, 0.2) is 0 Å². The fraction of sp³-hybridized carbons (Fsp3) is 0. The fourth-order valence-electron chi connectivity index (χ4n) is 2.58. The normalized spacial score (nSPS) is 11.5. The van der Waals surface area contributed by atoms with Gasteiger partial charge in [-0.15, -0.1) is 0 Å². The molecule has 0 unspecified atom stereocenters. The molecule has 2 N–H and O–H groups in total. The quantitative estimate of drug-likeness (QED) is 0.590. The van der Waals surface area contributed by atoms with Crippen LogP contribution < -0.4 is 4.72 Å². The van der Waals surface area contributed by atoms with Gasteiger partial charge in [-0.3, -0.25) is 14.8 Å². The van der Waals surface area contributed by atoms with E-state index in [1.54, 1.807) is 48.8 Å². The van der Waals surface area contributed by atoms with Gasteiger partial charge in [-0.05, 0) is 29.8 Å². The van der Waals surface area contributed by atoms with Gasteiger partial charge < -0.3 is 0 Å². The van der Waals surface area contributed by atoms with Crippen molar-refractivity contribution in [2.24, 2.45) is 0 Å². The lowest BCUT2D eigenvalue weighted by Crippen LogP contribution is -2.12. The van der Waals surface area contributed by atoms with Crippen LogP contribution in [0.5, 0.6) is 0 Å². The molecule has 2 aromatic heterocycles. The Labute approximate surface area is 144 Å². The van der Waals surface area contributed by atoms with E-state index >= 15 is 0 Å². The zero-order chi connectivity index (χ0) is 17.3. The van der Waals surface area contributed by atoms with E-state index in [0.29, 0.717) is 5.69 Å². The van der Waals surface area contributed by atoms with Gasteiger partial charge in [-0.25, -0.2) is 8.42 Å². The topological polar surface area (TPSA) is 87.7 Å². The van der Waals surface area contributed by atoms with Crippen molar-refractivity contribution >= 4 is 26.6 Å². The summed E-state index contributed by atoms with van der Waals surface area (Å²) in [5.74, 6) is 0. The average Bonchev–Trinajstić information content (AvgIpc) is 3.10. The maximum atomic E-state index is 12.4. The van der Waals surface area contributed by atoms with Crippen LogP contribution >= 0.6 is 0 Å². The Morgan fingerprint density at radius 3 is 2.56 bits per heavy atom. The molecule has 0 atom stereocenters. The van der Waals surface area contributed by atoms with Gasteiger partial charge in [-0.2, -0.15) is 5.10 Å². The Morgan fingerprint density at radius 1 is 0.880 bits per heavy atom. The van der Waals surface area contributed by atoms with Gasteiger partial charge in [0.2, 0.25) is 0 Å². The van der Waals surface area contributed by atoms with E-state index < -0.39 is 10.0 Å². The monoisotopic (exact) mass is 350 g/mol. The summed E-state index contributed by atoms with van der Waals surface area (Å²) in [6.07, 6.45) is 4.93. The summed E-state index contributed by atoms with van der Waals surface area (Å²) in [5.41, 5.74) is 3.05. The van der Waals surface area contributed by atoms with Crippen LogP contribution in [0.15, 0.2) is 78.1 Å². The molecule has 0 saturated heterocycles. The van der Waals surface area contributed by atoms with Crippen LogP contribution in [0.1, 0.15) is 0 Å². The number of H-pyrrole nitrogens is 1. The van der Waals surface area contributed by atoms with E-state index in [4.69, 9.17) is 0 Å². The van der Waals surface area contributed by atoms with Crippen molar-refractivity contribution < 1.29 is 8.42 Å². The molecule has 0 saturated carbocycles. The van der Waals surface area contributed by atoms with Crippen molar-refractivity contribution in [3.8, 4) is 11.1 Å². The molecule has 4 aromatic rings. The number of nitrogens with one attached hydrogen (secondary N) is 2. The highest BCUT2D eigenvalue weighted by Crippen LogP contribution is 2.25. The number of aromatic nitrogens is 3. The minimum Gasteiger partial charge on any atom is -0.278 e. The van der Waals surface area contributed by atoms with Crippen LogP contribution in [-0.2, 0) is 10.0 Å². The number of pyridine rings is 1. The lowest BCUT2D eigenvalue weighted by atomic mass is 10.1. The molecule has 6 nitrogen and oxygen atoms in total. The van der Waals surface area contributed by atoms with Crippen LogP contribution in [0.3, 0.4) is 0 Å². The number of anilines is 1. The Kier molecular flexibility index (Phi) is 3.70. The van der Waals surface area contributed by atoms with E-state index in [1.807, 2.05) is 18.2 Å². The number of hydrogen-bond donors (Lipinski definition) is 2. The van der Waals surface area contributed by atoms with Crippen LogP contribution in [0.4, 0.5) is 5.69 Å². The molecule has 0 amide bonds. The summed E-state index contributed by atoms with van der Waals surface area (Å²) in [4.78, 5) is 4.36. The number of sulfonamides is 1. The van der Waals surface area contributed by atoms with Crippen molar-refractivity contribution in [2.45, 2.75) is 4.90 Å². The number of benzene rings is 2. The van der Waals surface area contributed by atoms with Crippen LogP contribution in [0.25, 0.3) is 22.0 Å². The highest BCUT2D eigenvalue weighted by Gasteiger charge is 2.14. The zero-order valence-corrected chi connectivity index (χ0v) is 13.9. The summed E-state index contributed by atoms with van der Waals surface area (Å²) in [6.45, 7) is 0. The predicted octanol–water partition coefficient (Wildman–Crippen LogP) is 3.43. The molecule has 0 spiro atoms. The first-order chi connectivity index (χ1) is 12.1. The van der Waals surface area contributed by atoms with Crippen molar-refractivity contribution in [3.05, 3.63) is 73.2 Å². The molecular formula is C18H14N4O2S. The minimum atomic E-state index is -3.64. The molecule has 0 bridgehead atoms. The van der Waals surface area contributed by atoms with Gasteiger partial charge in [-0.1, -0.05) is 30.3 Å². The van der Waals surface area contributed by atoms with E-state index in [-0.39, 0.29) is 4.90 Å². The standard InChI is InChI=1S/C18H14N4O2S/c23-25(24,17-4-2-1-3-5-17)22-16-8-15(10-19-12-16)13-6-7-14-11-20-21-18(14)9-13/h1-12,22H,(H,20,21). The third-order valence-electron chi connectivity index (χ3n) is 3.82. The second-order valence-electron chi connectivity index (χ2n) is 5.55. The molecule has 0 fully saturated rings. The highest BCUT2D eigenvalue weighted by atomic mass is 32.2. The third-order valence-corrected chi connectivity index (χ3v) is 5.22. The maximum absolute atomic E-state index is 12.4. The molecule has 25 heavy (non-hydrogen) atoms. The van der Waals surface area contributed by atoms with Crippen molar-refractivity contribution in [1.82, 2.24) is 15.2 Å². The molecule has 0 aliphatic heterocycles. The van der Waals surface area contributed by atoms with Crippen molar-refractivity contribution in [1.29, 1.82) is 0 Å². The first-order valence-electron chi connectivity index (χ1n) is 7.58. The van der Waals surface area contributed by atoms with Gasteiger partial charge >= 0.3 is 0 Å². The molecule has 4 rings (SSSR count). The third kappa shape index (κ3) is 3.09. The van der Waals surface area contributed by atoms with Crippen molar-refractivity contribution in [3.63, 3.8) is 0 Å². The number of fused-ring (bicyclic) bond motifs is 1. The highest BCUT2D eigenvalue weighted by molar-refractivity contribution is 7.92. The van der Waals surface area contributed by atoms with E-state index in [1.165, 1.54) is 6.20 Å². The van der Waals surface area contributed by atoms with E-state index in [0.717, 1.165) is 22.0 Å². The molecule has 0 aliphatic rings. The average molecular weight is 350 g/mol. The largest absolute Gasteiger partial charge is 0.278 e. The molecule has 2 aromatic carbocycles. The Balaban J connectivity index is 1.67. The molecule has 7 heteroatoms. The Bertz CT molecular complexity index is 1140. The van der Waals surface area contributed by atoms with Crippen LogP contribution in [0.2, 0.25) is 0 Å². The molecule has 2 heterocycles. The second-order valence-corrected chi connectivity index (χ2v) is 7.24. The summed E-state index contributed by atoms with van der Waals surface area (Å²) in [6, 6.07) is 15.8. The summed E-state index contributed by atoms with van der Waals surface area (Å²) in [5, 5.41) is 7.94. The second kappa shape index (κ2) is 6.03. The van der Waals surface area contributed by atoms with Gasteiger partial charge in [0.25, 0.3) is 10.0 Å². The number of hydrogen-bond acceptors (Lipinski definition) is 4. The number of nitrogens with zero attached hydrogens (tertiary/aromatic N) is 2. The van der Waals surface area contributed by atoms with E-state index in [2.05, 4.69) is 19.9 Å². The van der Waals surface area contributed by atoms with E-state index in [9.17, 15) is 8.42 Å². The first kappa shape index (κ1) is 15.3. The lowest BCUT2D eigenvalue weighted by Gasteiger charge is -2.09. The summed E-state index contributed by atoms with van der Waals surface area (Å²) in [7, 11) is -3.64. The van der Waals surface area contributed by atoms with Crippen molar-refractivity contribution in [2.75, 3.05) is 4.72 Å². The molecular weight excluding hydrogens is 336 g/mol. The fourth-order valence-corrected chi connectivity index (χ4v) is 3.64. The van der Waals surface area contributed by atoms with Gasteiger partial charge in [0.1, 0.15) is 0 Å². The first-order valence-corrected chi connectivity index (χ1v) is 9.07. The number of aromatic amines is 1. The van der Waals surface area contributed by atoms with Gasteiger partial charge in [0.05, 0.1) is 28.5 Å². The Morgan fingerprint density at radius 2 is 1.72 bits per heavy atom. The summed E-state index contributed by atoms with van der Waals surface area (Å²) < 4.78 is 27.4. The zero-order valence-electron chi connectivity index (χ0n) is 13.0. The number of rotatable bonds is 4. The predicted molar refractivity (Wildman–Crippen MR) is 96.6 cm³/mol. The summed E-state index contributed by atoms with van der Waals surface area (Å²) >= 11 is 0. The molecule has 124 valence electrons. The van der Waals surface area contributed by atoms with Crippen LogP contribution in [0, 0.1) is 0 Å². The maximum Gasteiger partial charge on any atom is 0.261 e. The lowest BCUT2D eigenvalue weighted by molar-refractivity contribution is 0.601. The SMILES string of the molecule is O=S(=O)(Nc1cncc(-c2ccc3cn[nH]c3c2)c1)c1ccccc1. The molecule has 0 aliphatic carbocycles. The smallest absolute Gasteiger partial charge is 0.261 e. The Hall–Kier alpha value is -3.19. The van der Waals surface area contributed by atoms with Crippen LogP contribution in [-0.4, -0.2) is 23.6 Å². The molecule has 0 radical (unpaired) electrons. The van der Waals surface area contributed by atoms with Gasteiger partial charge in [0, 0.05) is 17.1 Å². The minimum absolute atomic E-state index is 0.208.